The lowest BCUT2D eigenvalue weighted by atomic mass is 9.91. The molecule has 2 aliphatic rings. The molecule has 300 valence electrons. The molecule has 6 aromatic rings. The fourth-order valence-corrected chi connectivity index (χ4v) is 7.89. The number of benzene rings is 4. The van der Waals surface area contributed by atoms with Crippen molar-refractivity contribution >= 4 is 35.1 Å². The highest BCUT2D eigenvalue weighted by Crippen LogP contribution is 2.41. The Morgan fingerprint density at radius 1 is 0.864 bits per heavy atom. The van der Waals surface area contributed by atoms with Gasteiger partial charge < -0.3 is 24.6 Å². The highest BCUT2D eigenvalue weighted by molar-refractivity contribution is 6.42. The molecule has 0 radical (unpaired) electrons. The zero-order valence-corrected chi connectivity index (χ0v) is 34.0. The SMILES string of the molecule is Cc1nccc(-c2ccc(C[C@H](NC(=O)[C@@H]3Cc4cc5c(cc4CN3Cc3ccncc3)O[C@@H](c3ccc(OCc4ccc(Cl)c(Cl)c4)cc3)CO5)C(=O)O)cc2)c1C. The highest BCUT2D eigenvalue weighted by atomic mass is 35.5. The van der Waals surface area contributed by atoms with Gasteiger partial charge in [-0.1, -0.05) is 65.7 Å². The second-order valence-electron chi connectivity index (χ2n) is 14.9. The average Bonchev–Trinajstić information content (AvgIpc) is 3.24. The Balaban J connectivity index is 0.962. The Bertz CT molecular complexity index is 2480. The van der Waals surface area contributed by atoms with Gasteiger partial charge in [-0.3, -0.25) is 19.7 Å². The Morgan fingerprint density at radius 2 is 1.61 bits per heavy atom. The molecule has 4 aromatic carbocycles. The number of nitrogens with one attached hydrogen (secondary N) is 1. The van der Waals surface area contributed by atoms with Gasteiger partial charge in [0.2, 0.25) is 5.91 Å². The first kappa shape index (κ1) is 39.9. The summed E-state index contributed by atoms with van der Waals surface area (Å²) in [4.78, 5) is 37.3. The predicted octanol–water partition coefficient (Wildman–Crippen LogP) is 8.90. The van der Waals surface area contributed by atoms with Gasteiger partial charge in [0.1, 0.15) is 25.0 Å². The summed E-state index contributed by atoms with van der Waals surface area (Å²) in [5.74, 6) is 0.481. The van der Waals surface area contributed by atoms with Crippen molar-refractivity contribution < 1.29 is 28.9 Å². The molecule has 2 aromatic heterocycles. The van der Waals surface area contributed by atoms with E-state index in [-0.39, 0.29) is 18.4 Å². The first-order chi connectivity index (χ1) is 28.6. The van der Waals surface area contributed by atoms with Crippen LogP contribution in [0.15, 0.2) is 116 Å². The molecule has 0 aliphatic carbocycles. The van der Waals surface area contributed by atoms with Gasteiger partial charge >= 0.3 is 5.97 Å². The van der Waals surface area contributed by atoms with Crippen LogP contribution < -0.4 is 19.5 Å². The normalized spacial score (nSPS) is 16.5. The van der Waals surface area contributed by atoms with Gasteiger partial charge in [-0.25, -0.2) is 4.79 Å². The number of nitrogens with zero attached hydrogens (tertiary/aromatic N) is 3. The molecule has 0 unspecified atom stereocenters. The van der Waals surface area contributed by atoms with E-state index in [2.05, 4.69) is 20.2 Å². The highest BCUT2D eigenvalue weighted by Gasteiger charge is 2.36. The molecule has 3 atom stereocenters. The van der Waals surface area contributed by atoms with Gasteiger partial charge in [0.05, 0.1) is 16.1 Å². The Labute approximate surface area is 352 Å². The van der Waals surface area contributed by atoms with E-state index in [0.717, 1.165) is 55.8 Å². The molecular weight excluding hydrogens is 787 g/mol. The minimum atomic E-state index is -1.12. The third-order valence-electron chi connectivity index (χ3n) is 11.0. The van der Waals surface area contributed by atoms with E-state index < -0.39 is 18.1 Å². The first-order valence-corrected chi connectivity index (χ1v) is 20.1. The molecule has 2 aliphatic heterocycles. The van der Waals surface area contributed by atoms with E-state index >= 15 is 0 Å². The molecule has 1 amide bonds. The molecule has 10 nitrogen and oxygen atoms in total. The molecular formula is C47H42Cl2N4O6. The van der Waals surface area contributed by atoms with Crippen molar-refractivity contribution in [3.8, 4) is 28.4 Å². The quantitative estimate of drug-likeness (QED) is 0.125. The molecule has 12 heteroatoms. The van der Waals surface area contributed by atoms with Crippen LogP contribution in [0, 0.1) is 13.8 Å². The van der Waals surface area contributed by atoms with Crippen LogP contribution in [0.3, 0.4) is 0 Å². The van der Waals surface area contributed by atoms with Crippen LogP contribution in [0.25, 0.3) is 11.1 Å². The maximum absolute atomic E-state index is 14.2. The summed E-state index contributed by atoms with van der Waals surface area (Å²) in [5.41, 5.74) is 9.74. The summed E-state index contributed by atoms with van der Waals surface area (Å²) >= 11 is 12.2. The van der Waals surface area contributed by atoms with Gasteiger partial charge in [-0.15, -0.1) is 0 Å². The van der Waals surface area contributed by atoms with Gasteiger partial charge in [0, 0.05) is 43.8 Å². The van der Waals surface area contributed by atoms with E-state index in [0.29, 0.717) is 60.0 Å². The van der Waals surface area contributed by atoms with Crippen molar-refractivity contribution in [1.82, 2.24) is 20.2 Å². The summed E-state index contributed by atoms with van der Waals surface area (Å²) in [5, 5.41) is 14.1. The summed E-state index contributed by atoms with van der Waals surface area (Å²) in [6.07, 6.45) is 5.39. The van der Waals surface area contributed by atoms with Gasteiger partial charge in [0.15, 0.2) is 17.6 Å². The molecule has 59 heavy (non-hydrogen) atoms. The first-order valence-electron chi connectivity index (χ1n) is 19.4. The lowest BCUT2D eigenvalue weighted by Crippen LogP contribution is -2.54. The molecule has 0 saturated heterocycles. The second kappa shape index (κ2) is 17.5. The largest absolute Gasteiger partial charge is 0.489 e. The summed E-state index contributed by atoms with van der Waals surface area (Å²) in [7, 11) is 0. The predicted molar refractivity (Wildman–Crippen MR) is 226 cm³/mol. The van der Waals surface area contributed by atoms with E-state index in [1.165, 1.54) is 0 Å². The second-order valence-corrected chi connectivity index (χ2v) is 15.8. The van der Waals surface area contributed by atoms with E-state index in [1.54, 1.807) is 30.7 Å². The maximum Gasteiger partial charge on any atom is 0.326 e. The Kier molecular flexibility index (Phi) is 11.8. The van der Waals surface area contributed by atoms with Crippen LogP contribution in [-0.2, 0) is 42.1 Å². The number of halogens is 2. The number of rotatable bonds is 12. The topological polar surface area (TPSA) is 123 Å². The summed E-state index contributed by atoms with van der Waals surface area (Å²) < 4.78 is 18.7. The van der Waals surface area contributed by atoms with Crippen molar-refractivity contribution in [2.75, 3.05) is 6.61 Å². The standard InChI is InChI=1S/C47H42Cl2N4O6/c1-28-29(2)51-18-15-38(28)33-6-3-30(4-7-33)20-41(47(55)56)52-46(54)42-21-35-22-43-44(23-36(35)25-53(42)24-31-13-16-50-17-14-31)59-45(27-58-43)34-8-10-37(11-9-34)57-26-32-5-12-39(48)40(49)19-32/h3-19,22-23,41-42,45H,20-21,24-27H2,1-2H3,(H,52,54)(H,55,56)/t41-,42-,45+/m0/s1. The van der Waals surface area contributed by atoms with Gasteiger partial charge in [-0.2, -0.15) is 0 Å². The van der Waals surface area contributed by atoms with Crippen LogP contribution >= 0.6 is 23.2 Å². The third kappa shape index (κ3) is 9.20. The number of amides is 1. The fourth-order valence-electron chi connectivity index (χ4n) is 7.57. The molecule has 0 fully saturated rings. The zero-order valence-electron chi connectivity index (χ0n) is 32.5. The fraction of sp³-hybridized carbons (Fsp3) is 0.234. The number of carbonyl (C=O) groups excluding carboxylic acids is 1. The monoisotopic (exact) mass is 828 g/mol. The number of aromatic nitrogens is 2. The van der Waals surface area contributed by atoms with Crippen molar-refractivity contribution in [2.45, 2.75) is 64.6 Å². The molecule has 0 bridgehead atoms. The van der Waals surface area contributed by atoms with Gasteiger partial charge in [-0.05, 0) is 125 Å². The third-order valence-corrected chi connectivity index (χ3v) is 11.7. The maximum atomic E-state index is 14.2. The zero-order chi connectivity index (χ0) is 41.0. The van der Waals surface area contributed by atoms with Crippen molar-refractivity contribution in [3.63, 3.8) is 0 Å². The number of carbonyl (C=O) groups is 2. The Hall–Kier alpha value is -5.94. The smallest absolute Gasteiger partial charge is 0.326 e. The minimum absolute atomic E-state index is 0.137. The molecule has 2 N–H and O–H groups in total. The lowest BCUT2D eigenvalue weighted by molar-refractivity contribution is -0.142. The van der Waals surface area contributed by atoms with Crippen LogP contribution in [0.1, 0.15) is 50.7 Å². The van der Waals surface area contributed by atoms with E-state index in [1.807, 2.05) is 98.8 Å². The average molecular weight is 830 g/mol. The number of carboxylic acids is 1. The number of hydrogen-bond acceptors (Lipinski definition) is 8. The van der Waals surface area contributed by atoms with Crippen LogP contribution in [0.4, 0.5) is 0 Å². The number of ether oxygens (including phenoxy) is 3. The van der Waals surface area contributed by atoms with E-state index in [4.69, 9.17) is 37.4 Å². The number of carboxylic acid groups (broad SMARTS) is 1. The number of pyridine rings is 2. The molecule has 0 saturated carbocycles. The number of aliphatic carboxylic acids is 1. The number of fused-ring (bicyclic) bond motifs is 2. The molecule has 4 heterocycles. The lowest BCUT2D eigenvalue weighted by Gasteiger charge is -2.37. The summed E-state index contributed by atoms with van der Waals surface area (Å²) in [6, 6.07) is 28.9. The number of aryl methyl sites for hydroxylation is 1. The van der Waals surface area contributed by atoms with E-state index in [9.17, 15) is 14.7 Å². The number of hydrogen-bond donors (Lipinski definition) is 2. The van der Waals surface area contributed by atoms with Crippen LogP contribution in [-0.4, -0.2) is 50.5 Å². The van der Waals surface area contributed by atoms with Crippen LogP contribution in [0.2, 0.25) is 10.0 Å². The Morgan fingerprint density at radius 3 is 2.36 bits per heavy atom. The van der Waals surface area contributed by atoms with Crippen LogP contribution in [0.5, 0.6) is 17.2 Å². The molecule has 0 spiro atoms. The van der Waals surface area contributed by atoms with Crippen molar-refractivity contribution in [2.24, 2.45) is 0 Å². The van der Waals surface area contributed by atoms with Gasteiger partial charge in [0.25, 0.3) is 0 Å². The molecule has 8 rings (SSSR count). The van der Waals surface area contributed by atoms with Crippen molar-refractivity contribution in [3.05, 3.63) is 170 Å². The minimum Gasteiger partial charge on any atom is -0.489 e. The summed E-state index contributed by atoms with van der Waals surface area (Å²) in [6.45, 7) is 5.56. The van der Waals surface area contributed by atoms with Crippen molar-refractivity contribution in [1.29, 1.82) is 0 Å².